The molecule has 0 spiro atoms. The van der Waals surface area contributed by atoms with Crippen LogP contribution in [0.2, 0.25) is 0 Å². The molecule has 3 rings (SSSR count). The molecule has 1 nitrogen and oxygen atoms in total. The van der Waals surface area contributed by atoms with Crippen molar-refractivity contribution < 1.29 is 0 Å². The summed E-state index contributed by atoms with van der Waals surface area (Å²) in [4.78, 5) is 4.20. The summed E-state index contributed by atoms with van der Waals surface area (Å²) < 4.78 is 0. The average molecular weight is 213 g/mol. The molecule has 0 bridgehead atoms. The molecule has 0 N–H and O–H groups in total. The monoisotopic (exact) mass is 213 g/mol. The van der Waals surface area contributed by atoms with Gasteiger partial charge in [-0.15, -0.1) is 0 Å². The van der Waals surface area contributed by atoms with Crippen LogP contribution in [0.3, 0.4) is 0 Å². The van der Waals surface area contributed by atoms with Crippen LogP contribution in [0.4, 0.5) is 0 Å². The summed E-state index contributed by atoms with van der Waals surface area (Å²) in [6, 6.07) is 4.21. The van der Waals surface area contributed by atoms with Gasteiger partial charge < -0.3 is 0 Å². The molecule has 1 heteroatoms. The third-order valence-corrected chi connectivity index (χ3v) is 4.11. The van der Waals surface area contributed by atoms with Crippen molar-refractivity contribution in [2.45, 2.75) is 27.2 Å². The fourth-order valence-electron chi connectivity index (χ4n) is 3.43. The van der Waals surface area contributed by atoms with Crippen LogP contribution in [-0.4, -0.2) is 4.98 Å². The number of rotatable bonds is 1. The maximum absolute atomic E-state index is 4.20. The molecule has 1 aromatic heterocycles. The van der Waals surface area contributed by atoms with Crippen molar-refractivity contribution in [3.05, 3.63) is 36.2 Å². The molecule has 16 heavy (non-hydrogen) atoms. The fourth-order valence-corrected chi connectivity index (χ4v) is 3.43. The van der Waals surface area contributed by atoms with Gasteiger partial charge in [-0.3, -0.25) is 4.98 Å². The van der Waals surface area contributed by atoms with Crippen molar-refractivity contribution in [3.63, 3.8) is 0 Å². The number of aromatic nitrogens is 1. The summed E-state index contributed by atoms with van der Waals surface area (Å²) in [6.07, 6.45) is 7.59. The van der Waals surface area contributed by atoms with E-state index in [-0.39, 0.29) is 0 Å². The van der Waals surface area contributed by atoms with Gasteiger partial charge in [-0.05, 0) is 46.8 Å². The average Bonchev–Trinajstić information content (AvgIpc) is 2.78. The lowest BCUT2D eigenvalue weighted by Crippen LogP contribution is -2.11. The Labute approximate surface area is 97.6 Å². The number of allylic oxidation sites excluding steroid dienone is 2. The first-order valence-corrected chi connectivity index (χ1v) is 6.18. The molecular weight excluding hydrogens is 194 g/mol. The summed E-state index contributed by atoms with van der Waals surface area (Å²) in [5.41, 5.74) is 3.32. The van der Waals surface area contributed by atoms with Gasteiger partial charge in [-0.1, -0.05) is 32.9 Å². The Morgan fingerprint density at radius 2 is 2.12 bits per heavy atom. The van der Waals surface area contributed by atoms with E-state index < -0.39 is 0 Å². The lowest BCUT2D eigenvalue weighted by Gasteiger charge is -2.20. The van der Waals surface area contributed by atoms with Gasteiger partial charge in [0.1, 0.15) is 0 Å². The first-order valence-electron chi connectivity index (χ1n) is 6.18. The Balaban J connectivity index is 1.79. The van der Waals surface area contributed by atoms with E-state index in [1.54, 1.807) is 0 Å². The molecule has 2 aliphatic rings. The van der Waals surface area contributed by atoms with Crippen molar-refractivity contribution in [1.82, 2.24) is 4.98 Å². The zero-order valence-corrected chi connectivity index (χ0v) is 10.3. The van der Waals surface area contributed by atoms with Crippen molar-refractivity contribution >= 4 is 5.57 Å². The van der Waals surface area contributed by atoms with Gasteiger partial charge in [-0.2, -0.15) is 0 Å². The molecule has 1 aromatic rings. The largest absolute Gasteiger partial charge is 0.264 e. The minimum Gasteiger partial charge on any atom is -0.264 e. The van der Waals surface area contributed by atoms with Gasteiger partial charge in [0.25, 0.3) is 0 Å². The number of nitrogens with zero attached hydrogens (tertiary/aromatic N) is 1. The standard InChI is InChI=1S/C15H19N/c1-15(2,3)14-12-7-11(8-13(12)14)10-5-4-6-16-9-10/h4-7,9,12-14H,8H2,1-3H3. The Morgan fingerprint density at radius 1 is 1.31 bits per heavy atom. The lowest BCUT2D eigenvalue weighted by atomic mass is 9.85. The van der Waals surface area contributed by atoms with Crippen LogP contribution >= 0.6 is 0 Å². The zero-order valence-electron chi connectivity index (χ0n) is 10.3. The van der Waals surface area contributed by atoms with Gasteiger partial charge in [0.2, 0.25) is 0 Å². The second-order valence-electron chi connectivity index (χ2n) is 6.27. The van der Waals surface area contributed by atoms with Crippen LogP contribution in [0.15, 0.2) is 30.6 Å². The summed E-state index contributed by atoms with van der Waals surface area (Å²) in [6.45, 7) is 7.11. The third kappa shape index (κ3) is 1.50. The van der Waals surface area contributed by atoms with Crippen molar-refractivity contribution in [2.75, 3.05) is 0 Å². The fraction of sp³-hybridized carbons (Fsp3) is 0.533. The summed E-state index contributed by atoms with van der Waals surface area (Å²) in [7, 11) is 0. The van der Waals surface area contributed by atoms with Gasteiger partial charge >= 0.3 is 0 Å². The van der Waals surface area contributed by atoms with Crippen molar-refractivity contribution in [3.8, 4) is 0 Å². The summed E-state index contributed by atoms with van der Waals surface area (Å²) in [5.74, 6) is 2.67. The van der Waals surface area contributed by atoms with Gasteiger partial charge in [-0.25, -0.2) is 0 Å². The number of pyridine rings is 1. The number of hydrogen-bond acceptors (Lipinski definition) is 1. The highest BCUT2D eigenvalue weighted by Crippen LogP contribution is 2.64. The first-order chi connectivity index (χ1) is 7.57. The maximum atomic E-state index is 4.20. The van der Waals surface area contributed by atoms with Crippen molar-refractivity contribution in [2.24, 2.45) is 23.2 Å². The molecule has 3 unspecified atom stereocenters. The lowest BCUT2D eigenvalue weighted by molar-refractivity contribution is 0.322. The molecule has 0 aliphatic heterocycles. The van der Waals surface area contributed by atoms with E-state index >= 15 is 0 Å². The van der Waals surface area contributed by atoms with Gasteiger partial charge in [0, 0.05) is 12.4 Å². The van der Waals surface area contributed by atoms with Crippen LogP contribution in [0.5, 0.6) is 0 Å². The molecule has 2 aliphatic carbocycles. The van der Waals surface area contributed by atoms with Gasteiger partial charge in [0.15, 0.2) is 0 Å². The molecule has 0 aromatic carbocycles. The van der Waals surface area contributed by atoms with Crippen LogP contribution in [0.25, 0.3) is 5.57 Å². The Hall–Kier alpha value is -1.11. The highest BCUT2D eigenvalue weighted by Gasteiger charge is 2.56. The minimum atomic E-state index is 0.478. The molecule has 84 valence electrons. The van der Waals surface area contributed by atoms with Crippen LogP contribution < -0.4 is 0 Å². The number of fused-ring (bicyclic) bond motifs is 1. The quantitative estimate of drug-likeness (QED) is 0.692. The van der Waals surface area contributed by atoms with Crippen LogP contribution in [-0.2, 0) is 0 Å². The number of hydrogen-bond donors (Lipinski definition) is 0. The van der Waals surface area contributed by atoms with E-state index in [0.29, 0.717) is 5.41 Å². The normalized spacial score (nSPS) is 32.2. The third-order valence-electron chi connectivity index (χ3n) is 4.11. The second kappa shape index (κ2) is 3.19. The molecule has 1 fully saturated rings. The minimum absolute atomic E-state index is 0.478. The molecule has 0 radical (unpaired) electrons. The Kier molecular flexibility index (Phi) is 2.01. The molecule has 3 atom stereocenters. The Morgan fingerprint density at radius 3 is 2.62 bits per heavy atom. The van der Waals surface area contributed by atoms with E-state index in [1.165, 1.54) is 17.6 Å². The molecule has 1 saturated carbocycles. The highest BCUT2D eigenvalue weighted by atomic mass is 14.6. The molecular formula is C15H19N. The second-order valence-corrected chi connectivity index (χ2v) is 6.27. The zero-order chi connectivity index (χ0) is 11.3. The van der Waals surface area contributed by atoms with Gasteiger partial charge in [0.05, 0.1) is 0 Å². The smallest absolute Gasteiger partial charge is 0.0342 e. The Bertz CT molecular complexity index is 424. The van der Waals surface area contributed by atoms with Crippen LogP contribution in [0.1, 0.15) is 32.8 Å². The van der Waals surface area contributed by atoms with Crippen molar-refractivity contribution in [1.29, 1.82) is 0 Å². The SMILES string of the molecule is CC(C)(C)C1C2C=C(c3cccnc3)CC21. The summed E-state index contributed by atoms with van der Waals surface area (Å²) in [5, 5.41) is 0. The van der Waals surface area contributed by atoms with E-state index in [0.717, 1.165) is 17.8 Å². The molecule has 0 saturated heterocycles. The summed E-state index contributed by atoms with van der Waals surface area (Å²) >= 11 is 0. The first kappa shape index (κ1) is 10.1. The molecule has 1 heterocycles. The highest BCUT2D eigenvalue weighted by molar-refractivity contribution is 5.69. The molecule has 0 amide bonds. The maximum Gasteiger partial charge on any atom is 0.0342 e. The predicted molar refractivity (Wildman–Crippen MR) is 66.8 cm³/mol. The van der Waals surface area contributed by atoms with Crippen LogP contribution in [0, 0.1) is 23.2 Å². The van der Waals surface area contributed by atoms with E-state index in [4.69, 9.17) is 0 Å². The van der Waals surface area contributed by atoms with E-state index in [2.05, 4.69) is 37.9 Å². The van der Waals surface area contributed by atoms with E-state index in [9.17, 15) is 0 Å². The van der Waals surface area contributed by atoms with E-state index in [1.807, 2.05) is 18.5 Å². The topological polar surface area (TPSA) is 12.9 Å². The predicted octanol–water partition coefficient (Wildman–Crippen LogP) is 3.78.